The van der Waals surface area contributed by atoms with Crippen molar-refractivity contribution in [2.45, 2.75) is 51.3 Å². The van der Waals surface area contributed by atoms with Gasteiger partial charge in [-0.3, -0.25) is 4.98 Å². The van der Waals surface area contributed by atoms with Crippen LogP contribution in [0.2, 0.25) is 0 Å². The number of nitrogens with one attached hydrogen (secondary N) is 2. The van der Waals surface area contributed by atoms with E-state index in [0.29, 0.717) is 16.6 Å². The van der Waals surface area contributed by atoms with Crippen LogP contribution in [0, 0.1) is 6.92 Å². The molecule has 0 spiro atoms. The first kappa shape index (κ1) is 21.8. The number of pyridine rings is 1. The van der Waals surface area contributed by atoms with Crippen LogP contribution in [0.1, 0.15) is 56.2 Å². The molecule has 0 saturated heterocycles. The van der Waals surface area contributed by atoms with Gasteiger partial charge in [0.05, 0.1) is 10.4 Å². The third-order valence-electron chi connectivity index (χ3n) is 4.95. The maximum atomic E-state index is 12.9. The number of hydrogen-bond donors (Lipinski definition) is 2. The standard InChI is InChI=1S/C23H27N3O3S/c1-14(2)18-12-16(5)13-19(15(3)4)22(18)25-23(27)26-30(28,29)21-10-6-9-20-17(21)8-7-11-24-20/h6-15H,1-5H3,(H2,25,26,27). The van der Waals surface area contributed by atoms with Gasteiger partial charge in [0.2, 0.25) is 0 Å². The number of carbonyl (C=O) groups is 1. The molecule has 7 heteroatoms. The van der Waals surface area contributed by atoms with Gasteiger partial charge in [-0.25, -0.2) is 17.9 Å². The summed E-state index contributed by atoms with van der Waals surface area (Å²) in [6, 6.07) is 11.4. The topological polar surface area (TPSA) is 88.2 Å². The molecule has 0 saturated carbocycles. The summed E-state index contributed by atoms with van der Waals surface area (Å²) in [7, 11) is -4.08. The summed E-state index contributed by atoms with van der Waals surface area (Å²) in [5.74, 6) is 0.330. The van der Waals surface area contributed by atoms with E-state index < -0.39 is 16.1 Å². The van der Waals surface area contributed by atoms with Crippen molar-refractivity contribution in [2.75, 3.05) is 5.32 Å². The molecule has 158 valence electrons. The van der Waals surface area contributed by atoms with E-state index in [0.717, 1.165) is 16.7 Å². The second-order valence-corrected chi connectivity index (χ2v) is 9.66. The minimum Gasteiger partial charge on any atom is -0.307 e. The van der Waals surface area contributed by atoms with Crippen LogP contribution in [-0.2, 0) is 10.0 Å². The number of fused-ring (bicyclic) bond motifs is 1. The maximum Gasteiger partial charge on any atom is 0.333 e. The lowest BCUT2D eigenvalue weighted by atomic mass is 9.90. The number of amides is 2. The number of nitrogens with zero attached hydrogens (tertiary/aromatic N) is 1. The van der Waals surface area contributed by atoms with E-state index >= 15 is 0 Å². The summed E-state index contributed by atoms with van der Waals surface area (Å²) < 4.78 is 28.0. The Hall–Kier alpha value is -2.93. The highest BCUT2D eigenvalue weighted by Crippen LogP contribution is 2.34. The molecule has 3 rings (SSSR count). The average Bonchev–Trinajstić information content (AvgIpc) is 2.67. The van der Waals surface area contributed by atoms with E-state index in [4.69, 9.17) is 0 Å². The summed E-state index contributed by atoms with van der Waals surface area (Å²) in [4.78, 5) is 16.9. The summed E-state index contributed by atoms with van der Waals surface area (Å²) in [6.45, 7) is 10.2. The number of aromatic nitrogens is 1. The van der Waals surface area contributed by atoms with Crippen molar-refractivity contribution in [1.29, 1.82) is 0 Å². The predicted octanol–water partition coefficient (Wildman–Crippen LogP) is 5.30. The van der Waals surface area contributed by atoms with Gasteiger partial charge < -0.3 is 5.32 Å². The summed E-state index contributed by atoms with van der Waals surface area (Å²) >= 11 is 0. The highest BCUT2D eigenvalue weighted by atomic mass is 32.2. The fraction of sp³-hybridized carbons (Fsp3) is 0.304. The molecule has 0 aliphatic rings. The van der Waals surface area contributed by atoms with Crippen LogP contribution >= 0.6 is 0 Å². The fourth-order valence-electron chi connectivity index (χ4n) is 3.52. The molecule has 0 aliphatic carbocycles. The number of benzene rings is 2. The van der Waals surface area contributed by atoms with Gasteiger partial charge in [0.25, 0.3) is 10.0 Å². The quantitative estimate of drug-likeness (QED) is 0.580. The second-order valence-electron chi connectivity index (χ2n) is 8.01. The number of aryl methyl sites for hydroxylation is 1. The molecule has 30 heavy (non-hydrogen) atoms. The molecule has 0 unspecified atom stereocenters. The van der Waals surface area contributed by atoms with E-state index in [2.05, 4.69) is 15.0 Å². The minimum absolute atomic E-state index is 0.0142. The van der Waals surface area contributed by atoms with Gasteiger partial charge in [-0.05, 0) is 54.2 Å². The Balaban J connectivity index is 1.96. The van der Waals surface area contributed by atoms with Gasteiger partial charge in [-0.1, -0.05) is 51.5 Å². The zero-order chi connectivity index (χ0) is 22.1. The predicted molar refractivity (Wildman–Crippen MR) is 120 cm³/mol. The number of sulfonamides is 1. The van der Waals surface area contributed by atoms with Crippen LogP contribution in [-0.4, -0.2) is 19.4 Å². The van der Waals surface area contributed by atoms with Crippen LogP contribution in [0.5, 0.6) is 0 Å². The highest BCUT2D eigenvalue weighted by Gasteiger charge is 2.23. The molecule has 2 aromatic carbocycles. The molecular formula is C23H27N3O3S. The minimum atomic E-state index is -4.08. The lowest BCUT2D eigenvalue weighted by molar-refractivity contribution is 0.256. The molecule has 0 fully saturated rings. The SMILES string of the molecule is Cc1cc(C(C)C)c(NC(=O)NS(=O)(=O)c2cccc3ncccc23)c(C(C)C)c1. The fourth-order valence-corrected chi connectivity index (χ4v) is 4.65. The largest absolute Gasteiger partial charge is 0.333 e. The van der Waals surface area contributed by atoms with E-state index in [-0.39, 0.29) is 16.7 Å². The van der Waals surface area contributed by atoms with Crippen molar-refractivity contribution >= 4 is 32.6 Å². The van der Waals surface area contributed by atoms with Crippen molar-refractivity contribution in [1.82, 2.24) is 9.71 Å². The van der Waals surface area contributed by atoms with Crippen LogP contribution in [0.25, 0.3) is 10.9 Å². The lowest BCUT2D eigenvalue weighted by Crippen LogP contribution is -2.35. The molecule has 2 amide bonds. The lowest BCUT2D eigenvalue weighted by Gasteiger charge is -2.21. The van der Waals surface area contributed by atoms with Crippen molar-refractivity contribution in [3.8, 4) is 0 Å². The maximum absolute atomic E-state index is 12.9. The Morgan fingerprint density at radius 2 is 1.60 bits per heavy atom. The van der Waals surface area contributed by atoms with Crippen LogP contribution in [0.4, 0.5) is 10.5 Å². The molecule has 1 aromatic heterocycles. The Bertz CT molecular complexity index is 1170. The number of rotatable bonds is 5. The Morgan fingerprint density at radius 3 is 2.20 bits per heavy atom. The molecule has 2 N–H and O–H groups in total. The monoisotopic (exact) mass is 425 g/mol. The summed E-state index contributed by atoms with van der Waals surface area (Å²) in [5.41, 5.74) is 4.26. The molecule has 0 aliphatic heterocycles. The zero-order valence-electron chi connectivity index (χ0n) is 17.9. The molecule has 0 atom stereocenters. The van der Waals surface area contributed by atoms with E-state index in [1.807, 2.05) is 46.8 Å². The normalized spacial score (nSPS) is 11.8. The number of hydrogen-bond acceptors (Lipinski definition) is 4. The van der Waals surface area contributed by atoms with Crippen molar-refractivity contribution in [3.63, 3.8) is 0 Å². The summed E-state index contributed by atoms with van der Waals surface area (Å²) in [5, 5.41) is 3.26. The second kappa shape index (κ2) is 8.44. The Kier molecular flexibility index (Phi) is 6.12. The molecule has 0 bridgehead atoms. The van der Waals surface area contributed by atoms with E-state index in [9.17, 15) is 13.2 Å². The smallest absolute Gasteiger partial charge is 0.307 e. The summed E-state index contributed by atoms with van der Waals surface area (Å²) in [6.07, 6.45) is 1.59. The van der Waals surface area contributed by atoms with Gasteiger partial charge in [-0.2, -0.15) is 0 Å². The van der Waals surface area contributed by atoms with Crippen LogP contribution < -0.4 is 10.0 Å². The molecule has 1 heterocycles. The molecule has 3 aromatic rings. The van der Waals surface area contributed by atoms with Crippen molar-refractivity contribution < 1.29 is 13.2 Å². The highest BCUT2D eigenvalue weighted by molar-refractivity contribution is 7.90. The number of anilines is 1. The number of carbonyl (C=O) groups excluding carboxylic acids is 1. The van der Waals surface area contributed by atoms with Gasteiger partial charge in [-0.15, -0.1) is 0 Å². The van der Waals surface area contributed by atoms with Gasteiger partial charge in [0, 0.05) is 17.3 Å². The molecule has 0 radical (unpaired) electrons. The Morgan fingerprint density at radius 1 is 0.967 bits per heavy atom. The van der Waals surface area contributed by atoms with E-state index in [1.54, 1.807) is 30.5 Å². The van der Waals surface area contributed by atoms with Gasteiger partial charge in [0.1, 0.15) is 0 Å². The first-order valence-electron chi connectivity index (χ1n) is 9.92. The average molecular weight is 426 g/mol. The van der Waals surface area contributed by atoms with Crippen molar-refractivity contribution in [3.05, 3.63) is 65.4 Å². The first-order valence-corrected chi connectivity index (χ1v) is 11.4. The van der Waals surface area contributed by atoms with E-state index in [1.165, 1.54) is 6.07 Å². The zero-order valence-corrected chi connectivity index (χ0v) is 18.7. The molecular weight excluding hydrogens is 398 g/mol. The first-order chi connectivity index (χ1) is 14.1. The van der Waals surface area contributed by atoms with Crippen LogP contribution in [0.15, 0.2) is 53.6 Å². The number of urea groups is 1. The van der Waals surface area contributed by atoms with Gasteiger partial charge in [0.15, 0.2) is 0 Å². The van der Waals surface area contributed by atoms with Gasteiger partial charge >= 0.3 is 6.03 Å². The molecule has 6 nitrogen and oxygen atoms in total. The Labute approximate surface area is 177 Å². The third-order valence-corrected chi connectivity index (χ3v) is 6.34. The van der Waals surface area contributed by atoms with Crippen molar-refractivity contribution in [2.24, 2.45) is 0 Å². The van der Waals surface area contributed by atoms with Crippen LogP contribution in [0.3, 0.4) is 0 Å². The third kappa shape index (κ3) is 4.46.